The van der Waals surface area contributed by atoms with Crippen LogP contribution in [0.5, 0.6) is 0 Å². The molecule has 0 rings (SSSR count). The summed E-state index contributed by atoms with van der Waals surface area (Å²) >= 11 is 0. The standard InChI is InChI=1S/C8H12O4/c1-2-6(9)5-7(10)3-4-8(11)12/h2-5H2,1H3,(H,11,12). The molecule has 0 amide bonds. The van der Waals surface area contributed by atoms with Crippen molar-refractivity contribution in [1.82, 2.24) is 0 Å². The van der Waals surface area contributed by atoms with Crippen LogP contribution in [0.3, 0.4) is 0 Å². The predicted molar refractivity (Wildman–Crippen MR) is 41.8 cm³/mol. The van der Waals surface area contributed by atoms with E-state index in [9.17, 15) is 14.4 Å². The van der Waals surface area contributed by atoms with Crippen molar-refractivity contribution < 1.29 is 19.5 Å². The second kappa shape index (κ2) is 5.46. The number of aliphatic carboxylic acids is 1. The number of carbonyl (C=O) groups excluding carboxylic acids is 2. The molecule has 0 spiro atoms. The van der Waals surface area contributed by atoms with Gasteiger partial charge in [-0.1, -0.05) is 6.92 Å². The first-order chi connectivity index (χ1) is 5.56. The van der Waals surface area contributed by atoms with E-state index in [2.05, 4.69) is 0 Å². The summed E-state index contributed by atoms with van der Waals surface area (Å²) in [5.41, 5.74) is 0. The molecule has 68 valence electrons. The Kier molecular flexibility index (Phi) is 4.92. The van der Waals surface area contributed by atoms with Gasteiger partial charge in [-0.05, 0) is 0 Å². The lowest BCUT2D eigenvalue weighted by Crippen LogP contribution is -2.08. The molecule has 1 N–H and O–H groups in total. The van der Waals surface area contributed by atoms with Crippen LogP contribution >= 0.6 is 0 Å². The van der Waals surface area contributed by atoms with E-state index >= 15 is 0 Å². The number of hydrogen-bond acceptors (Lipinski definition) is 3. The van der Waals surface area contributed by atoms with E-state index in [-0.39, 0.29) is 30.8 Å². The summed E-state index contributed by atoms with van der Waals surface area (Å²) in [6.45, 7) is 1.67. The summed E-state index contributed by atoms with van der Waals surface area (Å²) in [6, 6.07) is 0. The minimum Gasteiger partial charge on any atom is -0.481 e. The fraction of sp³-hybridized carbons (Fsp3) is 0.625. The molecular formula is C8H12O4. The normalized spacial score (nSPS) is 9.42. The monoisotopic (exact) mass is 172 g/mol. The van der Waals surface area contributed by atoms with Gasteiger partial charge in [-0.25, -0.2) is 0 Å². The van der Waals surface area contributed by atoms with E-state index in [0.717, 1.165) is 0 Å². The van der Waals surface area contributed by atoms with E-state index in [0.29, 0.717) is 6.42 Å². The number of Topliss-reactive ketones (excluding diaryl/α,β-unsaturated/α-hetero) is 2. The molecule has 0 heterocycles. The number of carbonyl (C=O) groups is 3. The van der Waals surface area contributed by atoms with Gasteiger partial charge in [-0.2, -0.15) is 0 Å². The lowest BCUT2D eigenvalue weighted by molar-refractivity contribution is -0.139. The molecule has 0 unspecified atom stereocenters. The van der Waals surface area contributed by atoms with Crippen molar-refractivity contribution in [2.24, 2.45) is 0 Å². The highest BCUT2D eigenvalue weighted by Crippen LogP contribution is 1.97. The second-order valence-corrected chi connectivity index (χ2v) is 2.50. The number of ketones is 2. The van der Waals surface area contributed by atoms with Crippen molar-refractivity contribution in [2.75, 3.05) is 0 Å². The lowest BCUT2D eigenvalue weighted by atomic mass is 10.1. The minimum atomic E-state index is -1.01. The molecule has 0 aromatic heterocycles. The predicted octanol–water partition coefficient (Wildman–Crippen LogP) is 0.789. The van der Waals surface area contributed by atoms with Crippen molar-refractivity contribution in [3.05, 3.63) is 0 Å². The van der Waals surface area contributed by atoms with E-state index in [1.54, 1.807) is 6.92 Å². The molecule has 0 radical (unpaired) electrons. The molecule has 0 aromatic carbocycles. The molecule has 4 nitrogen and oxygen atoms in total. The van der Waals surface area contributed by atoms with Crippen LogP contribution < -0.4 is 0 Å². The number of carboxylic acids is 1. The first-order valence-corrected chi connectivity index (χ1v) is 3.81. The van der Waals surface area contributed by atoms with Gasteiger partial charge in [0.15, 0.2) is 0 Å². The first-order valence-electron chi connectivity index (χ1n) is 3.81. The van der Waals surface area contributed by atoms with Crippen LogP contribution in [-0.4, -0.2) is 22.6 Å². The van der Waals surface area contributed by atoms with E-state index < -0.39 is 5.97 Å². The average molecular weight is 172 g/mol. The van der Waals surface area contributed by atoms with Crippen LogP contribution in [0.25, 0.3) is 0 Å². The van der Waals surface area contributed by atoms with E-state index in [1.165, 1.54) is 0 Å². The van der Waals surface area contributed by atoms with Crippen LogP contribution in [0.15, 0.2) is 0 Å². The highest BCUT2D eigenvalue weighted by Gasteiger charge is 2.09. The van der Waals surface area contributed by atoms with Gasteiger partial charge in [0.2, 0.25) is 0 Å². The van der Waals surface area contributed by atoms with Gasteiger partial charge < -0.3 is 5.11 Å². The van der Waals surface area contributed by atoms with Gasteiger partial charge >= 0.3 is 5.97 Å². The summed E-state index contributed by atoms with van der Waals surface area (Å²) in [5.74, 6) is -1.43. The van der Waals surface area contributed by atoms with Gasteiger partial charge in [0.05, 0.1) is 12.8 Å². The van der Waals surface area contributed by atoms with Gasteiger partial charge in [-0.15, -0.1) is 0 Å². The maximum Gasteiger partial charge on any atom is 0.303 e. The summed E-state index contributed by atoms with van der Waals surface area (Å²) < 4.78 is 0. The molecule has 0 fully saturated rings. The largest absolute Gasteiger partial charge is 0.481 e. The fourth-order valence-corrected chi connectivity index (χ4v) is 0.680. The summed E-state index contributed by atoms with van der Waals surface area (Å²) in [4.78, 5) is 31.6. The molecule has 0 aliphatic heterocycles. The third kappa shape index (κ3) is 5.58. The molecule has 12 heavy (non-hydrogen) atoms. The van der Waals surface area contributed by atoms with E-state index in [1.807, 2.05) is 0 Å². The molecular weight excluding hydrogens is 160 g/mol. The van der Waals surface area contributed by atoms with Gasteiger partial charge in [0.1, 0.15) is 11.6 Å². The molecule has 0 aliphatic rings. The number of rotatable bonds is 6. The van der Waals surface area contributed by atoms with Crippen LogP contribution in [0.2, 0.25) is 0 Å². The average Bonchev–Trinajstić information content (AvgIpc) is 2.00. The summed E-state index contributed by atoms with van der Waals surface area (Å²) in [7, 11) is 0. The Bertz CT molecular complexity index is 195. The SMILES string of the molecule is CCC(=O)CC(=O)CCC(=O)O. The highest BCUT2D eigenvalue weighted by molar-refractivity contribution is 5.99. The molecule has 0 aliphatic carbocycles. The summed E-state index contributed by atoms with van der Waals surface area (Å²) in [5, 5.41) is 8.22. The summed E-state index contributed by atoms with van der Waals surface area (Å²) in [6.07, 6.45) is -0.0144. The first kappa shape index (κ1) is 10.8. The Morgan fingerprint density at radius 3 is 2.08 bits per heavy atom. The van der Waals surface area contributed by atoms with Crippen molar-refractivity contribution in [1.29, 1.82) is 0 Å². The smallest absolute Gasteiger partial charge is 0.303 e. The second-order valence-electron chi connectivity index (χ2n) is 2.50. The van der Waals surface area contributed by atoms with E-state index in [4.69, 9.17) is 5.11 Å². The van der Waals surface area contributed by atoms with Gasteiger partial charge in [0.25, 0.3) is 0 Å². The van der Waals surface area contributed by atoms with Gasteiger partial charge in [0, 0.05) is 12.8 Å². The van der Waals surface area contributed by atoms with Crippen molar-refractivity contribution in [2.45, 2.75) is 32.6 Å². The molecule has 0 saturated carbocycles. The minimum absolute atomic E-state index is 0.0406. The van der Waals surface area contributed by atoms with Crippen molar-refractivity contribution >= 4 is 17.5 Å². The molecule has 0 bridgehead atoms. The number of carboxylic acid groups (broad SMARTS) is 1. The Hall–Kier alpha value is -1.19. The van der Waals surface area contributed by atoms with Crippen LogP contribution in [-0.2, 0) is 14.4 Å². The van der Waals surface area contributed by atoms with Crippen molar-refractivity contribution in [3.63, 3.8) is 0 Å². The maximum absolute atomic E-state index is 10.8. The lowest BCUT2D eigenvalue weighted by Gasteiger charge is -1.95. The van der Waals surface area contributed by atoms with Crippen molar-refractivity contribution in [3.8, 4) is 0 Å². The Balaban J connectivity index is 3.60. The van der Waals surface area contributed by atoms with Crippen LogP contribution in [0.1, 0.15) is 32.6 Å². The highest BCUT2D eigenvalue weighted by atomic mass is 16.4. The quantitative estimate of drug-likeness (QED) is 0.601. The zero-order valence-corrected chi connectivity index (χ0v) is 7.00. The van der Waals surface area contributed by atoms with Gasteiger partial charge in [-0.3, -0.25) is 14.4 Å². The molecule has 0 atom stereocenters. The maximum atomic E-state index is 10.8. The number of hydrogen-bond donors (Lipinski definition) is 1. The third-order valence-corrected chi connectivity index (χ3v) is 1.41. The fourth-order valence-electron chi connectivity index (χ4n) is 0.680. The van der Waals surface area contributed by atoms with Crippen LogP contribution in [0.4, 0.5) is 0 Å². The Labute approximate surface area is 70.6 Å². The molecule has 0 saturated heterocycles. The Morgan fingerprint density at radius 2 is 1.67 bits per heavy atom. The van der Waals surface area contributed by atoms with Crippen LogP contribution in [0, 0.1) is 0 Å². The Morgan fingerprint density at radius 1 is 1.08 bits per heavy atom. The zero-order chi connectivity index (χ0) is 9.56. The topological polar surface area (TPSA) is 71.4 Å². The molecule has 4 heteroatoms. The third-order valence-electron chi connectivity index (χ3n) is 1.41. The molecule has 0 aromatic rings. The zero-order valence-electron chi connectivity index (χ0n) is 7.00.